The van der Waals surface area contributed by atoms with E-state index < -0.39 is 6.09 Å². The van der Waals surface area contributed by atoms with Crippen molar-refractivity contribution in [3.63, 3.8) is 0 Å². The number of hydrogen-bond acceptors (Lipinski definition) is 4. The number of rotatable bonds is 1. The Morgan fingerprint density at radius 3 is 2.63 bits per heavy atom. The summed E-state index contributed by atoms with van der Waals surface area (Å²) in [6.07, 6.45) is -0.962. The second-order valence-corrected chi connectivity index (χ2v) is 4.36. The number of carbonyl (C=O) groups is 1. The van der Waals surface area contributed by atoms with Gasteiger partial charge in [-0.25, -0.2) is 14.8 Å². The smallest absolute Gasteiger partial charge is 0.407 e. The quantitative estimate of drug-likeness (QED) is 0.810. The van der Waals surface area contributed by atoms with Gasteiger partial charge < -0.3 is 10.8 Å². The molecule has 96 valence electrons. The van der Waals surface area contributed by atoms with Crippen molar-refractivity contribution in [3.05, 3.63) is 41.6 Å². The van der Waals surface area contributed by atoms with E-state index in [1.54, 1.807) is 0 Å². The molecule has 6 nitrogen and oxygen atoms in total. The zero-order valence-electron chi connectivity index (χ0n) is 10.1. The number of aromatic nitrogens is 2. The van der Waals surface area contributed by atoms with Gasteiger partial charge in [0, 0.05) is 11.1 Å². The van der Waals surface area contributed by atoms with Gasteiger partial charge in [-0.15, -0.1) is 0 Å². The van der Waals surface area contributed by atoms with E-state index in [-0.39, 0.29) is 12.5 Å². The largest absolute Gasteiger partial charge is 0.465 e. The number of nitrogen functional groups attached to an aromatic ring is 1. The lowest BCUT2D eigenvalue weighted by atomic mass is 10.1. The van der Waals surface area contributed by atoms with Crippen LogP contribution in [0.5, 0.6) is 0 Å². The maximum absolute atomic E-state index is 11.0. The molecule has 6 heteroatoms. The molecule has 0 bridgehead atoms. The molecule has 0 saturated carbocycles. The highest BCUT2D eigenvalue weighted by Crippen LogP contribution is 2.30. The van der Waals surface area contributed by atoms with Crippen molar-refractivity contribution in [2.24, 2.45) is 0 Å². The number of benzene rings is 1. The first-order valence-electron chi connectivity index (χ1n) is 5.83. The van der Waals surface area contributed by atoms with Crippen molar-refractivity contribution in [2.45, 2.75) is 13.1 Å². The lowest BCUT2D eigenvalue weighted by molar-refractivity contribution is 0.145. The van der Waals surface area contributed by atoms with E-state index in [4.69, 9.17) is 10.8 Å². The van der Waals surface area contributed by atoms with Crippen molar-refractivity contribution in [2.75, 3.05) is 5.73 Å². The Morgan fingerprint density at radius 2 is 1.95 bits per heavy atom. The molecule has 0 unspecified atom stereocenters. The number of hydrogen-bond donors (Lipinski definition) is 2. The topological polar surface area (TPSA) is 92.3 Å². The molecule has 1 aliphatic heterocycles. The molecular weight excluding hydrogens is 244 g/mol. The van der Waals surface area contributed by atoms with Crippen LogP contribution < -0.4 is 5.73 Å². The van der Waals surface area contributed by atoms with Gasteiger partial charge in [0.15, 0.2) is 0 Å². The lowest BCUT2D eigenvalue weighted by Gasteiger charge is -2.09. The third kappa shape index (κ3) is 1.97. The average molecular weight is 256 g/mol. The molecule has 0 aliphatic carbocycles. The van der Waals surface area contributed by atoms with Crippen LogP contribution >= 0.6 is 0 Å². The van der Waals surface area contributed by atoms with Crippen LogP contribution in [0.3, 0.4) is 0 Å². The molecule has 3 N–H and O–H groups in total. The number of anilines is 1. The monoisotopic (exact) mass is 256 g/mol. The fourth-order valence-corrected chi connectivity index (χ4v) is 2.24. The highest BCUT2D eigenvalue weighted by atomic mass is 16.4. The molecule has 1 aromatic carbocycles. The summed E-state index contributed by atoms with van der Waals surface area (Å²) in [4.78, 5) is 20.7. The summed E-state index contributed by atoms with van der Waals surface area (Å²) in [7, 11) is 0. The van der Waals surface area contributed by atoms with Gasteiger partial charge in [0.05, 0.1) is 24.5 Å². The molecule has 0 saturated heterocycles. The maximum Gasteiger partial charge on any atom is 0.407 e. The average Bonchev–Trinajstić information content (AvgIpc) is 2.82. The Labute approximate surface area is 109 Å². The van der Waals surface area contributed by atoms with Gasteiger partial charge >= 0.3 is 6.09 Å². The lowest BCUT2D eigenvalue weighted by Crippen LogP contribution is -2.22. The van der Waals surface area contributed by atoms with Gasteiger partial charge in [0.1, 0.15) is 0 Å². The predicted octanol–water partition coefficient (Wildman–Crippen LogP) is 1.72. The van der Waals surface area contributed by atoms with Crippen LogP contribution in [-0.2, 0) is 13.1 Å². The van der Waals surface area contributed by atoms with Crippen LogP contribution in [0.2, 0.25) is 0 Å². The van der Waals surface area contributed by atoms with Crippen LogP contribution in [0.1, 0.15) is 11.3 Å². The van der Waals surface area contributed by atoms with Crippen LogP contribution in [-0.4, -0.2) is 26.1 Å². The second kappa shape index (κ2) is 4.24. The predicted molar refractivity (Wildman–Crippen MR) is 69.2 cm³/mol. The summed E-state index contributed by atoms with van der Waals surface area (Å²) in [5, 5.41) is 9.06. The number of nitrogens with zero attached hydrogens (tertiary/aromatic N) is 3. The minimum atomic E-state index is -0.962. The summed E-state index contributed by atoms with van der Waals surface area (Å²) in [5.74, 6) is 0.171. The molecule has 0 atom stereocenters. The Hall–Kier alpha value is -2.63. The van der Waals surface area contributed by atoms with Crippen LogP contribution in [0.4, 0.5) is 10.7 Å². The summed E-state index contributed by atoms with van der Waals surface area (Å²) in [6.45, 7) is 0.562. The molecule has 2 heterocycles. The van der Waals surface area contributed by atoms with Crippen molar-refractivity contribution >= 4 is 12.0 Å². The van der Waals surface area contributed by atoms with E-state index in [1.165, 1.54) is 4.90 Å². The molecule has 1 aromatic heterocycles. The van der Waals surface area contributed by atoms with E-state index in [2.05, 4.69) is 9.97 Å². The summed E-state index contributed by atoms with van der Waals surface area (Å²) in [5.41, 5.74) is 8.86. The van der Waals surface area contributed by atoms with Crippen molar-refractivity contribution in [1.29, 1.82) is 0 Å². The fourth-order valence-electron chi connectivity index (χ4n) is 2.24. The standard InChI is InChI=1S/C13H12N4O2/c14-12-15-10-7-17(13(18)19)6-9(10)11(16-12)8-4-2-1-3-5-8/h1-5H,6-7H2,(H,18,19)(H2,14,15,16). The number of fused-ring (bicyclic) bond motifs is 1. The van der Waals surface area contributed by atoms with E-state index in [0.717, 1.165) is 11.1 Å². The molecule has 3 rings (SSSR count). The first kappa shape index (κ1) is 11.5. The fraction of sp³-hybridized carbons (Fsp3) is 0.154. The first-order valence-corrected chi connectivity index (χ1v) is 5.83. The van der Waals surface area contributed by atoms with Crippen molar-refractivity contribution in [3.8, 4) is 11.3 Å². The van der Waals surface area contributed by atoms with Gasteiger partial charge in [-0.1, -0.05) is 30.3 Å². The zero-order valence-corrected chi connectivity index (χ0v) is 10.1. The molecule has 1 amide bonds. The van der Waals surface area contributed by atoms with E-state index in [9.17, 15) is 4.79 Å². The molecule has 2 aromatic rings. The highest BCUT2D eigenvalue weighted by Gasteiger charge is 2.28. The minimum absolute atomic E-state index is 0.171. The molecular formula is C13H12N4O2. The normalized spacial score (nSPS) is 13.4. The summed E-state index contributed by atoms with van der Waals surface area (Å²) >= 11 is 0. The van der Waals surface area contributed by atoms with Crippen LogP contribution in [0, 0.1) is 0 Å². The van der Waals surface area contributed by atoms with Gasteiger partial charge in [-0.2, -0.15) is 0 Å². The maximum atomic E-state index is 11.0. The van der Waals surface area contributed by atoms with Gasteiger partial charge in [0.25, 0.3) is 0 Å². The number of nitrogens with two attached hydrogens (primary N) is 1. The molecule has 0 radical (unpaired) electrons. The first-order chi connectivity index (χ1) is 9.15. The Bertz CT molecular complexity index is 643. The highest BCUT2D eigenvalue weighted by molar-refractivity contribution is 5.70. The van der Waals surface area contributed by atoms with Crippen molar-refractivity contribution in [1.82, 2.24) is 14.9 Å². The van der Waals surface area contributed by atoms with Gasteiger partial charge in [0.2, 0.25) is 5.95 Å². The van der Waals surface area contributed by atoms with E-state index in [1.807, 2.05) is 30.3 Å². The molecule has 1 aliphatic rings. The number of carboxylic acid groups (broad SMARTS) is 1. The summed E-state index contributed by atoms with van der Waals surface area (Å²) in [6, 6.07) is 9.57. The zero-order chi connectivity index (χ0) is 13.4. The number of amides is 1. The Balaban J connectivity index is 2.11. The van der Waals surface area contributed by atoms with Crippen LogP contribution in [0.15, 0.2) is 30.3 Å². The van der Waals surface area contributed by atoms with Gasteiger partial charge in [-0.3, -0.25) is 4.90 Å². The SMILES string of the molecule is Nc1nc2c(c(-c3ccccc3)n1)CN(C(=O)O)C2. The molecule has 0 fully saturated rings. The third-order valence-electron chi connectivity index (χ3n) is 3.12. The van der Waals surface area contributed by atoms with Crippen LogP contribution in [0.25, 0.3) is 11.3 Å². The Kier molecular flexibility index (Phi) is 2.56. The minimum Gasteiger partial charge on any atom is -0.465 e. The Morgan fingerprint density at radius 1 is 1.21 bits per heavy atom. The van der Waals surface area contributed by atoms with E-state index >= 15 is 0 Å². The van der Waals surface area contributed by atoms with Crippen molar-refractivity contribution < 1.29 is 9.90 Å². The third-order valence-corrected chi connectivity index (χ3v) is 3.12. The molecule has 0 spiro atoms. The molecule has 19 heavy (non-hydrogen) atoms. The van der Waals surface area contributed by atoms with E-state index in [0.29, 0.717) is 17.9 Å². The second-order valence-electron chi connectivity index (χ2n) is 4.36. The summed E-state index contributed by atoms with van der Waals surface area (Å²) < 4.78 is 0. The van der Waals surface area contributed by atoms with Gasteiger partial charge in [-0.05, 0) is 0 Å².